The van der Waals surface area contributed by atoms with Crippen LogP contribution in [0.15, 0.2) is 41.7 Å². The normalized spacial score (nSPS) is 13.9. The first-order valence-corrected chi connectivity index (χ1v) is 9.13. The van der Waals surface area contributed by atoms with E-state index in [0.717, 1.165) is 0 Å². The molecule has 1 saturated carbocycles. The van der Waals surface area contributed by atoms with Crippen LogP contribution in [-0.2, 0) is 0 Å². The Labute approximate surface area is 162 Å². The molecule has 9 heteroatoms. The zero-order valence-electron chi connectivity index (χ0n) is 15.4. The molecular weight excluding hydrogens is 356 g/mol. The minimum absolute atomic E-state index is 0.109. The molecule has 4 rings (SSSR count). The maximum Gasteiger partial charge on any atom is 0.190 e. The molecule has 3 heterocycles. The van der Waals surface area contributed by atoms with Gasteiger partial charge in [-0.25, -0.2) is 9.97 Å². The standard InChI is InChI=1S/C13H9N7O.C6H13N/c14-4-8-5-17-13(7-16-8)18-12-3-10(19-20-12)9-6-15-2-1-11(9)21;7-6-4-2-1-3-5-6/h1-3,5-7H,(H,15,21)(H2,17,18,19,20);6H,1-5,7H2. The van der Waals surface area contributed by atoms with Gasteiger partial charge in [0.15, 0.2) is 16.9 Å². The van der Waals surface area contributed by atoms with E-state index in [1.807, 2.05) is 6.07 Å². The van der Waals surface area contributed by atoms with Gasteiger partial charge in [-0.2, -0.15) is 10.4 Å². The minimum atomic E-state index is -0.109. The van der Waals surface area contributed by atoms with Crippen molar-refractivity contribution in [1.82, 2.24) is 25.1 Å². The summed E-state index contributed by atoms with van der Waals surface area (Å²) in [5.74, 6) is 0.946. The Morgan fingerprint density at radius 3 is 2.61 bits per heavy atom. The van der Waals surface area contributed by atoms with Gasteiger partial charge in [-0.3, -0.25) is 9.89 Å². The highest BCUT2D eigenvalue weighted by Crippen LogP contribution is 2.18. The highest BCUT2D eigenvalue weighted by Gasteiger charge is 2.08. The van der Waals surface area contributed by atoms with Gasteiger partial charge >= 0.3 is 0 Å². The lowest BCUT2D eigenvalue weighted by Gasteiger charge is -2.15. The molecule has 3 aromatic rings. The lowest BCUT2D eigenvalue weighted by molar-refractivity contribution is 0.441. The summed E-state index contributed by atoms with van der Waals surface area (Å²) < 4.78 is 0. The first-order valence-electron chi connectivity index (χ1n) is 9.13. The van der Waals surface area contributed by atoms with Crippen LogP contribution in [0, 0.1) is 11.3 Å². The van der Waals surface area contributed by atoms with E-state index in [9.17, 15) is 4.79 Å². The van der Waals surface area contributed by atoms with Crippen LogP contribution >= 0.6 is 0 Å². The molecule has 0 radical (unpaired) electrons. The first-order chi connectivity index (χ1) is 13.7. The van der Waals surface area contributed by atoms with Crippen molar-refractivity contribution in [3.05, 3.63) is 52.8 Å². The topological polar surface area (TPSA) is 149 Å². The summed E-state index contributed by atoms with van der Waals surface area (Å²) in [7, 11) is 0. The van der Waals surface area contributed by atoms with Gasteiger partial charge in [-0.15, -0.1) is 0 Å². The molecule has 0 spiro atoms. The number of hydrogen-bond acceptors (Lipinski definition) is 7. The van der Waals surface area contributed by atoms with E-state index in [1.165, 1.54) is 50.6 Å². The molecule has 0 amide bonds. The molecule has 0 bridgehead atoms. The highest BCUT2D eigenvalue weighted by molar-refractivity contribution is 5.63. The molecule has 144 valence electrons. The largest absolute Gasteiger partial charge is 0.367 e. The minimum Gasteiger partial charge on any atom is -0.367 e. The molecule has 0 unspecified atom stereocenters. The lowest BCUT2D eigenvalue weighted by atomic mass is 9.97. The fourth-order valence-electron chi connectivity index (χ4n) is 2.87. The average molecular weight is 378 g/mol. The number of rotatable bonds is 3. The van der Waals surface area contributed by atoms with Gasteiger partial charge in [0.2, 0.25) is 0 Å². The van der Waals surface area contributed by atoms with E-state index in [1.54, 1.807) is 18.5 Å². The molecule has 28 heavy (non-hydrogen) atoms. The number of nitrogens with zero attached hydrogens (tertiary/aromatic N) is 4. The van der Waals surface area contributed by atoms with Crippen LogP contribution in [-0.4, -0.2) is 31.2 Å². The van der Waals surface area contributed by atoms with E-state index >= 15 is 0 Å². The molecule has 0 aromatic carbocycles. The second kappa shape index (κ2) is 9.43. The first kappa shape index (κ1) is 19.3. The predicted octanol–water partition coefficient (Wildman–Crippen LogP) is 2.45. The quantitative estimate of drug-likeness (QED) is 0.547. The van der Waals surface area contributed by atoms with E-state index in [4.69, 9.17) is 11.0 Å². The zero-order chi connectivity index (χ0) is 19.8. The van der Waals surface area contributed by atoms with Gasteiger partial charge < -0.3 is 16.0 Å². The fraction of sp³-hybridized carbons (Fsp3) is 0.316. The van der Waals surface area contributed by atoms with Crippen molar-refractivity contribution in [2.24, 2.45) is 5.73 Å². The summed E-state index contributed by atoms with van der Waals surface area (Å²) in [4.78, 5) is 22.5. The number of nitrogens with one attached hydrogen (secondary N) is 3. The molecule has 1 aliphatic carbocycles. The van der Waals surface area contributed by atoms with Gasteiger partial charge in [-0.05, 0) is 12.8 Å². The Kier molecular flexibility index (Phi) is 6.49. The van der Waals surface area contributed by atoms with Crippen molar-refractivity contribution >= 4 is 11.6 Å². The van der Waals surface area contributed by atoms with Gasteiger partial charge in [0.05, 0.1) is 23.7 Å². The summed E-state index contributed by atoms with van der Waals surface area (Å²) in [6, 6.07) is 5.55. The zero-order valence-corrected chi connectivity index (χ0v) is 15.4. The third kappa shape index (κ3) is 5.25. The molecule has 0 aliphatic heterocycles. The number of anilines is 2. The molecule has 0 atom stereocenters. The molecule has 9 nitrogen and oxygen atoms in total. The molecule has 0 saturated heterocycles. The van der Waals surface area contributed by atoms with Crippen molar-refractivity contribution < 1.29 is 0 Å². The van der Waals surface area contributed by atoms with Gasteiger partial charge in [0, 0.05) is 30.6 Å². The van der Waals surface area contributed by atoms with Crippen LogP contribution in [0.1, 0.15) is 37.8 Å². The Balaban J connectivity index is 0.000000271. The molecule has 5 N–H and O–H groups in total. The number of pyridine rings is 1. The fourth-order valence-corrected chi connectivity index (χ4v) is 2.87. The summed E-state index contributed by atoms with van der Waals surface area (Å²) in [5.41, 5.74) is 6.83. The monoisotopic (exact) mass is 378 g/mol. The number of nitriles is 1. The van der Waals surface area contributed by atoms with Crippen molar-refractivity contribution in [1.29, 1.82) is 5.26 Å². The maximum atomic E-state index is 11.7. The Morgan fingerprint density at radius 1 is 1.18 bits per heavy atom. The number of aromatic nitrogens is 5. The molecular formula is C19H22N8O. The maximum absolute atomic E-state index is 11.7. The third-order valence-corrected chi connectivity index (χ3v) is 4.36. The Morgan fingerprint density at radius 2 is 2.00 bits per heavy atom. The Bertz CT molecular complexity index is 980. The average Bonchev–Trinajstić information content (AvgIpc) is 3.18. The number of aromatic amines is 2. The summed E-state index contributed by atoms with van der Waals surface area (Å²) in [6.07, 6.45) is 12.6. The van der Waals surface area contributed by atoms with E-state index in [2.05, 4.69) is 30.5 Å². The van der Waals surface area contributed by atoms with E-state index < -0.39 is 0 Å². The second-order valence-corrected chi connectivity index (χ2v) is 6.51. The molecule has 1 aliphatic rings. The predicted molar refractivity (Wildman–Crippen MR) is 106 cm³/mol. The van der Waals surface area contributed by atoms with Crippen molar-refractivity contribution in [2.45, 2.75) is 38.1 Å². The van der Waals surface area contributed by atoms with Crippen LogP contribution in [0.3, 0.4) is 0 Å². The number of hydrogen-bond donors (Lipinski definition) is 4. The summed E-state index contributed by atoms with van der Waals surface area (Å²) in [6.45, 7) is 0. The number of H-pyrrole nitrogens is 2. The van der Waals surface area contributed by atoms with Crippen LogP contribution in [0.2, 0.25) is 0 Å². The van der Waals surface area contributed by atoms with E-state index in [-0.39, 0.29) is 11.1 Å². The molecule has 3 aromatic heterocycles. The smallest absolute Gasteiger partial charge is 0.190 e. The van der Waals surface area contributed by atoms with Crippen molar-refractivity contribution in [3.63, 3.8) is 0 Å². The highest BCUT2D eigenvalue weighted by atomic mass is 16.1. The van der Waals surface area contributed by atoms with E-state index in [0.29, 0.717) is 28.9 Å². The van der Waals surface area contributed by atoms with Crippen LogP contribution in [0.25, 0.3) is 11.3 Å². The second-order valence-electron chi connectivity index (χ2n) is 6.51. The summed E-state index contributed by atoms with van der Waals surface area (Å²) >= 11 is 0. The van der Waals surface area contributed by atoms with Crippen LogP contribution in [0.5, 0.6) is 0 Å². The SMILES string of the molecule is N#Cc1cnc(Nc2cc(-c3c[nH]ccc3=O)[nH]n2)cn1.NC1CCCCC1. The van der Waals surface area contributed by atoms with Gasteiger partial charge in [-0.1, -0.05) is 19.3 Å². The van der Waals surface area contributed by atoms with Gasteiger partial charge in [0.25, 0.3) is 0 Å². The Hall–Kier alpha value is -3.51. The number of nitrogens with two attached hydrogens (primary N) is 1. The van der Waals surface area contributed by atoms with Crippen molar-refractivity contribution in [3.8, 4) is 17.3 Å². The van der Waals surface area contributed by atoms with Crippen LogP contribution in [0.4, 0.5) is 11.6 Å². The molecule has 1 fully saturated rings. The third-order valence-electron chi connectivity index (χ3n) is 4.36. The van der Waals surface area contributed by atoms with Crippen molar-refractivity contribution in [2.75, 3.05) is 5.32 Å². The van der Waals surface area contributed by atoms with Gasteiger partial charge in [0.1, 0.15) is 11.9 Å². The lowest BCUT2D eigenvalue weighted by Crippen LogP contribution is -2.22. The summed E-state index contributed by atoms with van der Waals surface area (Å²) in [5, 5.41) is 18.4. The van der Waals surface area contributed by atoms with Crippen LogP contribution < -0.4 is 16.5 Å².